The zero-order chi connectivity index (χ0) is 32.7. The first-order valence-electron chi connectivity index (χ1n) is 10.4. The van der Waals surface area contributed by atoms with Crippen molar-refractivity contribution in [2.24, 2.45) is 0 Å². The van der Waals surface area contributed by atoms with E-state index < -0.39 is 69.2 Å². The van der Waals surface area contributed by atoms with Crippen LogP contribution in [0.5, 0.6) is 0 Å². The summed E-state index contributed by atoms with van der Waals surface area (Å²) in [5, 5.41) is 19.3. The predicted molar refractivity (Wildman–Crippen MR) is 182 cm³/mol. The van der Waals surface area contributed by atoms with Gasteiger partial charge in [-0.1, -0.05) is 0 Å². The highest BCUT2D eigenvalue weighted by Gasteiger charge is 2.33. The lowest BCUT2D eigenvalue weighted by molar-refractivity contribution is 0.0353. The first-order valence-corrected chi connectivity index (χ1v) is 17.6. The van der Waals surface area contributed by atoms with E-state index in [2.05, 4.69) is 143 Å². The molecule has 0 aliphatic rings. The number of carboxylic acid groups (broad SMARTS) is 2. The van der Waals surface area contributed by atoms with Gasteiger partial charge in [0, 0.05) is 40.3 Å². The van der Waals surface area contributed by atoms with Crippen LogP contribution in [0.2, 0.25) is 0 Å². The average molecular weight is 1170 g/mol. The first kappa shape index (κ1) is 36.7. The summed E-state index contributed by atoms with van der Waals surface area (Å²) in [6, 6.07) is 3.32. The van der Waals surface area contributed by atoms with E-state index in [4.69, 9.17) is 9.47 Å². The van der Waals surface area contributed by atoms with E-state index >= 15 is 0 Å². The summed E-state index contributed by atoms with van der Waals surface area (Å²) < 4.78 is 11.2. The third-order valence-electron chi connectivity index (χ3n) is 5.15. The lowest BCUT2D eigenvalue weighted by Crippen LogP contribution is -2.22. The van der Waals surface area contributed by atoms with Gasteiger partial charge in [0.15, 0.2) is 0 Å². The molecule has 0 heterocycles. The molecule has 0 aromatic heterocycles. The van der Waals surface area contributed by atoms with Crippen molar-refractivity contribution < 1.29 is 48.5 Å². The molecule has 0 unspecified atom stereocenters. The SMILES string of the molecule is O=C(OC(=O)c1cc(Br)c(Br)c(Br)c1C(=O)OC(=O)c1cc(Br)c(Br)c(Br)c1C(=O)O)c1cc(Br)c(Br)c(Br)c1C(=O)O. The van der Waals surface area contributed by atoms with Crippen LogP contribution in [0.3, 0.4) is 0 Å². The molecule has 0 spiro atoms. The molecule has 0 aliphatic heterocycles. The summed E-state index contributed by atoms with van der Waals surface area (Å²) in [7, 11) is 0. The fourth-order valence-electron chi connectivity index (χ4n) is 3.27. The van der Waals surface area contributed by atoms with Gasteiger partial charge < -0.3 is 19.7 Å². The van der Waals surface area contributed by atoms with Crippen LogP contribution in [0.1, 0.15) is 62.1 Å². The fourth-order valence-corrected chi connectivity index (χ4v) is 8.07. The van der Waals surface area contributed by atoms with Gasteiger partial charge in [-0.25, -0.2) is 28.8 Å². The minimum Gasteiger partial charge on any atom is -0.478 e. The molecule has 0 saturated heterocycles. The van der Waals surface area contributed by atoms with E-state index in [9.17, 15) is 39.0 Å². The Kier molecular flexibility index (Phi) is 12.6. The number of carbonyl (C=O) groups excluding carboxylic acids is 4. The predicted octanol–water partition coefficient (Wildman–Crippen LogP) is 9.94. The fraction of sp³-hybridized carbons (Fsp3) is 0. The maximum absolute atomic E-state index is 13.3. The number of aromatic carboxylic acids is 2. The van der Waals surface area contributed by atoms with Crippen molar-refractivity contribution in [2.45, 2.75) is 0 Å². The van der Waals surface area contributed by atoms with E-state index in [0.717, 1.165) is 18.2 Å². The van der Waals surface area contributed by atoms with Crippen LogP contribution in [0.15, 0.2) is 58.5 Å². The van der Waals surface area contributed by atoms with Crippen molar-refractivity contribution >= 4 is 179 Å². The van der Waals surface area contributed by atoms with E-state index in [0.29, 0.717) is 0 Å². The van der Waals surface area contributed by atoms with E-state index in [1.54, 1.807) is 0 Å². The number of ether oxygens (including phenoxy) is 2. The van der Waals surface area contributed by atoms with Gasteiger partial charge in [-0.05, 0) is 162 Å². The molecule has 0 fully saturated rings. The van der Waals surface area contributed by atoms with Gasteiger partial charge in [0.25, 0.3) is 0 Å². The van der Waals surface area contributed by atoms with Crippen LogP contribution in [-0.2, 0) is 9.47 Å². The molecule has 43 heavy (non-hydrogen) atoms. The first-order chi connectivity index (χ1) is 19.9. The number of benzene rings is 3. The van der Waals surface area contributed by atoms with Crippen molar-refractivity contribution in [3.05, 3.63) is 91.8 Å². The number of hydrogen-bond donors (Lipinski definition) is 2. The van der Waals surface area contributed by atoms with Gasteiger partial charge in [0.05, 0.1) is 33.4 Å². The van der Waals surface area contributed by atoms with E-state index in [1.165, 1.54) is 0 Å². The lowest BCUT2D eigenvalue weighted by Gasteiger charge is -2.15. The van der Waals surface area contributed by atoms with Crippen LogP contribution >= 0.6 is 143 Å². The number of carbonyl (C=O) groups is 6. The molecule has 3 rings (SSSR count). The van der Waals surface area contributed by atoms with Crippen LogP contribution in [-0.4, -0.2) is 46.0 Å². The number of carboxylic acids is 2. The van der Waals surface area contributed by atoms with E-state index in [1.807, 2.05) is 0 Å². The van der Waals surface area contributed by atoms with Crippen LogP contribution < -0.4 is 0 Å². The molecule has 19 heteroatoms. The number of esters is 4. The Morgan fingerprint density at radius 1 is 0.419 bits per heavy atom. The van der Waals surface area contributed by atoms with Gasteiger partial charge in [-0.2, -0.15) is 0 Å². The highest BCUT2D eigenvalue weighted by atomic mass is 79.9. The molecular formula is C24H5Br9O10. The maximum Gasteiger partial charge on any atom is 0.348 e. The Morgan fingerprint density at radius 2 is 0.674 bits per heavy atom. The van der Waals surface area contributed by atoms with Crippen molar-refractivity contribution in [2.75, 3.05) is 0 Å². The zero-order valence-corrected chi connectivity index (χ0v) is 34.1. The molecule has 0 atom stereocenters. The third kappa shape index (κ3) is 7.61. The summed E-state index contributed by atoms with van der Waals surface area (Å²) in [5.74, 6) is -8.61. The third-order valence-corrected chi connectivity index (χ3v) is 15.1. The number of rotatable bonds is 6. The maximum atomic E-state index is 13.3. The van der Waals surface area contributed by atoms with Gasteiger partial charge >= 0.3 is 35.8 Å². The van der Waals surface area contributed by atoms with Crippen LogP contribution in [0.25, 0.3) is 0 Å². The highest BCUT2D eigenvalue weighted by Crippen LogP contribution is 2.40. The molecule has 224 valence electrons. The quantitative estimate of drug-likeness (QED) is 0.138. The standard InChI is InChI=1S/C24H5Br9O10/c25-7-1-4(10(19(34)35)16(31)13(7)28)21(38)42-23(40)6-3-9(27)15(30)18(33)12(6)24(41)43-22(39)5-2-8(26)14(29)17(32)11(5)20(36)37/h1-3H,(H,34,35)(H,36,37). The molecule has 0 bridgehead atoms. The van der Waals surface area contributed by atoms with Gasteiger partial charge in [0.2, 0.25) is 0 Å². The molecule has 2 N–H and O–H groups in total. The molecule has 0 aliphatic carbocycles. The number of hydrogen-bond acceptors (Lipinski definition) is 8. The lowest BCUT2D eigenvalue weighted by atomic mass is 10.1. The van der Waals surface area contributed by atoms with Crippen molar-refractivity contribution in [1.82, 2.24) is 0 Å². The Hall–Kier alpha value is -0.800. The van der Waals surface area contributed by atoms with Crippen molar-refractivity contribution in [1.29, 1.82) is 0 Å². The number of halogens is 9. The topological polar surface area (TPSA) is 161 Å². The Labute approximate surface area is 315 Å². The minimum atomic E-state index is -1.51. The second-order valence-corrected chi connectivity index (χ2v) is 15.0. The monoisotopic (exact) mass is 1160 g/mol. The molecule has 0 amide bonds. The zero-order valence-electron chi connectivity index (χ0n) is 19.8. The Morgan fingerprint density at radius 3 is 0.977 bits per heavy atom. The van der Waals surface area contributed by atoms with Crippen molar-refractivity contribution in [3.8, 4) is 0 Å². The Bertz CT molecular complexity index is 1800. The summed E-state index contributed by atoms with van der Waals surface area (Å²) in [6.45, 7) is 0. The summed E-state index contributed by atoms with van der Waals surface area (Å²) in [4.78, 5) is 76.3. The normalized spacial score (nSPS) is 10.7. The van der Waals surface area contributed by atoms with Gasteiger partial charge in [-0.3, -0.25) is 0 Å². The molecule has 0 saturated carbocycles. The minimum absolute atomic E-state index is 0.0161. The highest BCUT2D eigenvalue weighted by molar-refractivity contribution is 9.15. The van der Waals surface area contributed by atoms with E-state index in [-0.39, 0.29) is 40.3 Å². The second-order valence-electron chi connectivity index (χ2n) is 7.69. The summed E-state index contributed by atoms with van der Waals surface area (Å²) in [5.41, 5.74) is -3.21. The van der Waals surface area contributed by atoms with Gasteiger partial charge in [-0.15, -0.1) is 0 Å². The molecule has 0 radical (unpaired) electrons. The van der Waals surface area contributed by atoms with Crippen molar-refractivity contribution in [3.63, 3.8) is 0 Å². The summed E-state index contributed by atoms with van der Waals surface area (Å²) >= 11 is 28.4. The van der Waals surface area contributed by atoms with Gasteiger partial charge in [0.1, 0.15) is 0 Å². The van der Waals surface area contributed by atoms with Crippen LogP contribution in [0.4, 0.5) is 0 Å². The second kappa shape index (κ2) is 14.7. The Balaban J connectivity index is 2.07. The molecule has 3 aromatic carbocycles. The molecule has 3 aromatic rings. The summed E-state index contributed by atoms with van der Waals surface area (Å²) in [6.07, 6.45) is 0. The molecular weight excluding hydrogens is 1170 g/mol. The molecule has 10 nitrogen and oxygen atoms in total. The average Bonchev–Trinajstić information content (AvgIpc) is 2.91. The smallest absolute Gasteiger partial charge is 0.348 e. The van der Waals surface area contributed by atoms with Crippen LogP contribution in [0, 0.1) is 0 Å². The largest absolute Gasteiger partial charge is 0.478 e.